The van der Waals surface area contributed by atoms with E-state index in [1.807, 2.05) is 0 Å². The largest absolute Gasteiger partial charge is 0.416 e. The van der Waals surface area contributed by atoms with E-state index in [9.17, 15) is 22.0 Å². The highest BCUT2D eigenvalue weighted by Gasteiger charge is 2.34. The number of nitrogens with two attached hydrogens (primary N) is 1. The molecule has 1 saturated heterocycles. The van der Waals surface area contributed by atoms with Gasteiger partial charge in [-0.3, -0.25) is 0 Å². The molecule has 0 spiro atoms. The molecular weight excluding hydrogens is 467 g/mol. The molecule has 0 aliphatic carbocycles. The Morgan fingerprint density at radius 3 is 2.48 bits per heavy atom. The highest BCUT2D eigenvalue weighted by Crippen LogP contribution is 2.35. The molecule has 3 N–H and O–H groups in total. The molecule has 0 radical (unpaired) electrons. The van der Waals surface area contributed by atoms with Crippen LogP contribution >= 0.6 is 11.6 Å². The van der Waals surface area contributed by atoms with Crippen LogP contribution < -0.4 is 16.0 Å². The number of benzene rings is 1. The summed E-state index contributed by atoms with van der Waals surface area (Å²) in [6.07, 6.45) is -3.63. The predicted molar refractivity (Wildman–Crippen MR) is 117 cm³/mol. The Labute approximate surface area is 191 Å². The predicted octanol–water partition coefficient (Wildman–Crippen LogP) is 5.69. The zero-order valence-corrected chi connectivity index (χ0v) is 18.2. The molecule has 6 nitrogen and oxygen atoms in total. The number of rotatable bonds is 4. The Balaban J connectivity index is 1.67. The van der Waals surface area contributed by atoms with Crippen LogP contribution in [0.5, 0.6) is 0 Å². The van der Waals surface area contributed by atoms with Crippen LogP contribution in [0.1, 0.15) is 36.9 Å². The molecule has 3 aromatic rings. The average molecular weight is 487 g/mol. The van der Waals surface area contributed by atoms with Crippen molar-refractivity contribution in [3.05, 3.63) is 46.9 Å². The number of fused-ring (bicyclic) bond motifs is 1. The molecular formula is C21H20ClF5N6. The van der Waals surface area contributed by atoms with E-state index in [0.717, 1.165) is 12.1 Å². The zero-order valence-electron chi connectivity index (χ0n) is 17.4. The van der Waals surface area contributed by atoms with Gasteiger partial charge in [-0.1, -0.05) is 0 Å². The highest BCUT2D eigenvalue weighted by atomic mass is 35.5. The van der Waals surface area contributed by atoms with Gasteiger partial charge in [0.15, 0.2) is 0 Å². The monoisotopic (exact) mass is 486 g/mol. The first kappa shape index (κ1) is 23.2. The van der Waals surface area contributed by atoms with Crippen molar-refractivity contribution in [3.8, 4) is 0 Å². The first-order valence-electron chi connectivity index (χ1n) is 10.1. The van der Waals surface area contributed by atoms with E-state index in [1.165, 1.54) is 12.3 Å². The second-order valence-electron chi connectivity index (χ2n) is 8.00. The maximum Gasteiger partial charge on any atom is 0.416 e. The van der Waals surface area contributed by atoms with Crippen LogP contribution in [0.4, 0.5) is 39.3 Å². The Hall–Kier alpha value is -2.95. The van der Waals surface area contributed by atoms with E-state index >= 15 is 0 Å². The molecule has 1 aliphatic rings. The van der Waals surface area contributed by atoms with Gasteiger partial charge in [-0.15, -0.1) is 0 Å². The van der Waals surface area contributed by atoms with Gasteiger partial charge in [0.2, 0.25) is 5.28 Å². The number of hydrogen-bond donors (Lipinski definition) is 2. The topological polar surface area (TPSA) is 80.0 Å². The van der Waals surface area contributed by atoms with Crippen LogP contribution in [0.2, 0.25) is 5.28 Å². The van der Waals surface area contributed by atoms with Crippen molar-refractivity contribution < 1.29 is 22.0 Å². The van der Waals surface area contributed by atoms with E-state index < -0.39 is 23.7 Å². The fraction of sp³-hybridized carbons (Fsp3) is 0.381. The van der Waals surface area contributed by atoms with Gasteiger partial charge in [0.1, 0.15) is 11.6 Å². The van der Waals surface area contributed by atoms with Crippen LogP contribution in [0.15, 0.2) is 30.5 Å². The summed E-state index contributed by atoms with van der Waals surface area (Å²) in [5, 5.41) is 3.50. The summed E-state index contributed by atoms with van der Waals surface area (Å²) in [5.74, 6) is -1.94. The lowest BCUT2D eigenvalue weighted by molar-refractivity contribution is -0.137. The van der Waals surface area contributed by atoms with Gasteiger partial charge >= 0.3 is 6.18 Å². The van der Waals surface area contributed by atoms with Crippen LogP contribution in [-0.4, -0.2) is 34.0 Å². The SMILES string of the molecule is C[C@@H](Nc1nc(Cl)nc2cnc(N3CCC(F)(F)CC3)cc12)c1cc(N)cc(C(F)(F)F)c1. The minimum atomic E-state index is -4.54. The number of nitrogen functional groups attached to an aromatic ring is 1. The number of halogens is 6. The van der Waals surface area contributed by atoms with E-state index in [2.05, 4.69) is 20.3 Å². The quantitative estimate of drug-likeness (QED) is 0.280. The fourth-order valence-corrected chi connectivity index (χ4v) is 3.89. The van der Waals surface area contributed by atoms with Gasteiger partial charge in [0.25, 0.3) is 5.92 Å². The molecule has 4 rings (SSSR count). The normalized spacial score (nSPS) is 17.2. The number of aromatic nitrogens is 3. The van der Waals surface area contributed by atoms with Crippen molar-refractivity contribution in [1.29, 1.82) is 0 Å². The van der Waals surface area contributed by atoms with Gasteiger partial charge in [0.05, 0.1) is 23.3 Å². The lowest BCUT2D eigenvalue weighted by atomic mass is 10.0. The second kappa shape index (κ2) is 8.44. The third-order valence-electron chi connectivity index (χ3n) is 5.52. The van der Waals surface area contributed by atoms with Crippen molar-refractivity contribution in [3.63, 3.8) is 0 Å². The van der Waals surface area contributed by atoms with Crippen molar-refractivity contribution in [2.24, 2.45) is 0 Å². The maximum absolute atomic E-state index is 13.5. The first-order chi connectivity index (χ1) is 15.4. The summed E-state index contributed by atoms with van der Waals surface area (Å²) in [4.78, 5) is 14.4. The summed E-state index contributed by atoms with van der Waals surface area (Å²) in [6, 6.07) is 4.37. The smallest absolute Gasteiger partial charge is 0.399 e. The number of piperidine rings is 1. The van der Waals surface area contributed by atoms with Crippen molar-refractivity contribution in [2.45, 2.75) is 37.9 Å². The van der Waals surface area contributed by atoms with Gasteiger partial charge in [0, 0.05) is 37.0 Å². The van der Waals surface area contributed by atoms with Gasteiger partial charge in [-0.2, -0.15) is 13.2 Å². The van der Waals surface area contributed by atoms with Crippen LogP contribution in [0, 0.1) is 0 Å². The Morgan fingerprint density at radius 1 is 1.12 bits per heavy atom. The van der Waals surface area contributed by atoms with Crippen LogP contribution in [0.25, 0.3) is 10.9 Å². The molecule has 33 heavy (non-hydrogen) atoms. The van der Waals surface area contributed by atoms with Gasteiger partial charge in [-0.25, -0.2) is 23.7 Å². The molecule has 2 aromatic heterocycles. The molecule has 0 saturated carbocycles. The Morgan fingerprint density at radius 2 is 1.82 bits per heavy atom. The average Bonchev–Trinajstić information content (AvgIpc) is 2.72. The minimum absolute atomic E-state index is 0.0209. The molecule has 0 bridgehead atoms. The minimum Gasteiger partial charge on any atom is -0.399 e. The number of anilines is 3. The Bertz CT molecular complexity index is 1180. The molecule has 1 aliphatic heterocycles. The number of pyridine rings is 1. The molecule has 1 aromatic carbocycles. The summed E-state index contributed by atoms with van der Waals surface area (Å²) in [5.41, 5.74) is 5.51. The van der Waals surface area contributed by atoms with Crippen molar-refractivity contribution in [2.75, 3.05) is 29.0 Å². The summed E-state index contributed by atoms with van der Waals surface area (Å²) >= 11 is 6.03. The molecule has 176 valence electrons. The van der Waals surface area contributed by atoms with Crippen molar-refractivity contribution >= 4 is 39.8 Å². The molecule has 1 atom stereocenters. The molecule has 0 unspecified atom stereocenters. The summed E-state index contributed by atoms with van der Waals surface area (Å²) in [6.45, 7) is 1.94. The first-order valence-corrected chi connectivity index (χ1v) is 10.5. The van der Waals surface area contributed by atoms with Crippen molar-refractivity contribution in [1.82, 2.24) is 15.0 Å². The van der Waals surface area contributed by atoms with Gasteiger partial charge < -0.3 is 16.0 Å². The third kappa shape index (κ3) is 5.18. The molecule has 3 heterocycles. The summed E-state index contributed by atoms with van der Waals surface area (Å²) in [7, 11) is 0. The van der Waals surface area contributed by atoms with E-state index in [4.69, 9.17) is 17.3 Å². The third-order valence-corrected chi connectivity index (χ3v) is 5.69. The van der Waals surface area contributed by atoms with E-state index in [1.54, 1.807) is 17.9 Å². The number of hydrogen-bond acceptors (Lipinski definition) is 6. The maximum atomic E-state index is 13.5. The lowest BCUT2D eigenvalue weighted by Gasteiger charge is -2.32. The second-order valence-corrected chi connectivity index (χ2v) is 8.33. The van der Waals surface area contributed by atoms with Gasteiger partial charge in [-0.05, 0) is 48.4 Å². The number of nitrogens with one attached hydrogen (secondary N) is 1. The number of alkyl halides is 5. The molecule has 1 fully saturated rings. The van der Waals surface area contributed by atoms with Crippen LogP contribution in [-0.2, 0) is 6.18 Å². The lowest BCUT2D eigenvalue weighted by Crippen LogP contribution is -2.39. The van der Waals surface area contributed by atoms with E-state index in [0.29, 0.717) is 22.3 Å². The Kier molecular flexibility index (Phi) is 5.94. The standard InChI is InChI=1S/C21H20ClF5N6/c1-11(12-6-13(21(25,26)27)8-14(28)7-12)30-18-15-9-17(29-10-16(15)31-19(22)32-18)33-4-2-20(23,24)3-5-33/h6-11H,2-5,28H2,1H3,(H,30,31,32)/t11-/m1/s1. The van der Waals surface area contributed by atoms with Crippen LogP contribution in [0.3, 0.4) is 0 Å². The summed E-state index contributed by atoms with van der Waals surface area (Å²) < 4.78 is 66.6. The molecule has 12 heteroatoms. The fourth-order valence-electron chi connectivity index (χ4n) is 3.72. The zero-order chi connectivity index (χ0) is 24.0. The highest BCUT2D eigenvalue weighted by molar-refractivity contribution is 6.28. The molecule has 0 amide bonds. The van der Waals surface area contributed by atoms with E-state index in [-0.39, 0.29) is 42.7 Å². The number of nitrogens with zero attached hydrogens (tertiary/aromatic N) is 4.